The van der Waals surface area contributed by atoms with Gasteiger partial charge in [-0.05, 0) is 32.1 Å². The summed E-state index contributed by atoms with van der Waals surface area (Å²) in [4.78, 5) is 11.1. The van der Waals surface area contributed by atoms with Gasteiger partial charge in [-0.25, -0.2) is 8.42 Å². The Morgan fingerprint density at radius 1 is 1.20 bits per heavy atom. The van der Waals surface area contributed by atoms with Gasteiger partial charge >= 0.3 is 5.97 Å². The van der Waals surface area contributed by atoms with Crippen LogP contribution in [0.2, 0.25) is 0 Å². The lowest BCUT2D eigenvalue weighted by molar-refractivity contribution is -0.143. The highest BCUT2D eigenvalue weighted by Gasteiger charge is 2.36. The van der Waals surface area contributed by atoms with E-state index >= 15 is 0 Å². The number of piperidine rings is 1. The number of carboxylic acids is 1. The van der Waals surface area contributed by atoms with Crippen LogP contribution in [-0.2, 0) is 14.8 Å². The van der Waals surface area contributed by atoms with Crippen molar-refractivity contribution in [1.82, 2.24) is 4.31 Å². The topological polar surface area (TPSA) is 74.7 Å². The molecule has 1 aliphatic carbocycles. The Hall–Kier alpha value is -0.620. The predicted octanol–water partition coefficient (Wildman–Crippen LogP) is 2.08. The molecule has 1 saturated carbocycles. The highest BCUT2D eigenvalue weighted by molar-refractivity contribution is 7.89. The first-order chi connectivity index (χ1) is 9.40. The van der Waals surface area contributed by atoms with Gasteiger partial charge in [0.1, 0.15) is 0 Å². The van der Waals surface area contributed by atoms with Crippen molar-refractivity contribution in [3.8, 4) is 0 Å². The molecule has 2 rings (SSSR count). The van der Waals surface area contributed by atoms with Gasteiger partial charge in [0.2, 0.25) is 10.0 Å². The number of carbonyl (C=O) groups is 1. The normalized spacial score (nSPS) is 29.6. The van der Waals surface area contributed by atoms with Crippen molar-refractivity contribution >= 4 is 16.0 Å². The van der Waals surface area contributed by atoms with Crippen LogP contribution in [0.25, 0.3) is 0 Å². The molecule has 0 bridgehead atoms. The lowest BCUT2D eigenvalue weighted by atomic mass is 9.96. The smallest absolute Gasteiger partial charge is 0.307 e. The summed E-state index contributed by atoms with van der Waals surface area (Å²) in [5.74, 6) is -0.713. The average molecular weight is 303 g/mol. The lowest BCUT2D eigenvalue weighted by Crippen LogP contribution is -2.48. The molecular weight excluding hydrogens is 278 g/mol. The molecule has 6 heteroatoms. The van der Waals surface area contributed by atoms with Crippen molar-refractivity contribution in [3.05, 3.63) is 0 Å². The van der Waals surface area contributed by atoms with Crippen LogP contribution in [0, 0.1) is 11.8 Å². The predicted molar refractivity (Wildman–Crippen MR) is 76.9 cm³/mol. The van der Waals surface area contributed by atoms with E-state index in [2.05, 4.69) is 0 Å². The number of sulfonamides is 1. The van der Waals surface area contributed by atoms with E-state index in [9.17, 15) is 13.2 Å². The van der Waals surface area contributed by atoms with Gasteiger partial charge in [-0.2, -0.15) is 4.31 Å². The molecule has 1 aliphatic heterocycles. The summed E-state index contributed by atoms with van der Waals surface area (Å²) in [6.45, 7) is 2.02. The monoisotopic (exact) mass is 303 g/mol. The first-order valence-electron chi connectivity index (χ1n) is 7.62. The second-order valence-corrected chi connectivity index (χ2v) is 8.33. The van der Waals surface area contributed by atoms with Gasteiger partial charge in [-0.15, -0.1) is 0 Å². The maximum absolute atomic E-state index is 12.5. The van der Waals surface area contributed by atoms with Gasteiger partial charge in [-0.1, -0.05) is 25.7 Å². The second-order valence-electron chi connectivity index (χ2n) is 6.29. The summed E-state index contributed by atoms with van der Waals surface area (Å²) in [6.07, 6.45) is 6.65. The van der Waals surface area contributed by atoms with E-state index in [1.54, 1.807) is 0 Å². The zero-order valence-electron chi connectivity index (χ0n) is 12.1. The summed E-state index contributed by atoms with van der Waals surface area (Å²) < 4.78 is 26.3. The minimum Gasteiger partial charge on any atom is -0.481 e. The molecule has 1 N–H and O–H groups in total. The number of nitrogens with zero attached hydrogens (tertiary/aromatic N) is 1. The molecular formula is C14H25NO4S. The largest absolute Gasteiger partial charge is 0.481 e. The summed E-state index contributed by atoms with van der Waals surface area (Å²) in [5, 5.41) is 9.09. The molecule has 2 fully saturated rings. The standard InChI is InChI=1S/C14H25NO4S/c1-11-6-7-13(14(16)17)10-15(11)20(18,19)9-8-12-4-2-3-5-12/h11-13H,2-10H2,1H3,(H,16,17). The Balaban J connectivity index is 1.96. The fraction of sp³-hybridized carbons (Fsp3) is 0.929. The van der Waals surface area contributed by atoms with Crippen molar-refractivity contribution in [1.29, 1.82) is 0 Å². The molecule has 2 unspecified atom stereocenters. The highest BCUT2D eigenvalue weighted by atomic mass is 32.2. The third kappa shape index (κ3) is 3.73. The Labute approximate surface area is 121 Å². The second kappa shape index (κ2) is 6.43. The Morgan fingerprint density at radius 3 is 2.45 bits per heavy atom. The van der Waals surface area contributed by atoms with E-state index in [0.717, 1.165) is 19.3 Å². The fourth-order valence-corrected chi connectivity index (χ4v) is 5.32. The molecule has 0 aromatic heterocycles. The molecule has 116 valence electrons. The Kier molecular flexibility index (Phi) is 5.07. The van der Waals surface area contributed by atoms with Gasteiger partial charge in [0.25, 0.3) is 0 Å². The van der Waals surface area contributed by atoms with Gasteiger partial charge < -0.3 is 5.11 Å². The minimum atomic E-state index is -3.32. The van der Waals surface area contributed by atoms with E-state index in [0.29, 0.717) is 18.8 Å². The first-order valence-corrected chi connectivity index (χ1v) is 9.23. The average Bonchev–Trinajstić information content (AvgIpc) is 2.89. The molecule has 5 nitrogen and oxygen atoms in total. The number of hydrogen-bond donors (Lipinski definition) is 1. The van der Waals surface area contributed by atoms with E-state index in [-0.39, 0.29) is 18.3 Å². The number of carboxylic acid groups (broad SMARTS) is 1. The molecule has 0 radical (unpaired) electrons. The molecule has 1 heterocycles. The van der Waals surface area contributed by atoms with Crippen LogP contribution in [0.15, 0.2) is 0 Å². The van der Waals surface area contributed by atoms with Crippen LogP contribution in [0.1, 0.15) is 51.9 Å². The van der Waals surface area contributed by atoms with E-state index in [1.807, 2.05) is 6.92 Å². The van der Waals surface area contributed by atoms with E-state index in [4.69, 9.17) is 5.11 Å². The van der Waals surface area contributed by atoms with Gasteiger partial charge in [-0.3, -0.25) is 4.79 Å². The molecule has 1 saturated heterocycles. The minimum absolute atomic E-state index is 0.0702. The van der Waals surface area contributed by atoms with Crippen molar-refractivity contribution < 1.29 is 18.3 Å². The molecule has 0 aromatic carbocycles. The molecule has 2 aliphatic rings. The fourth-order valence-electron chi connectivity index (χ4n) is 3.40. The zero-order chi connectivity index (χ0) is 14.8. The third-order valence-electron chi connectivity index (χ3n) is 4.79. The van der Waals surface area contributed by atoms with Crippen LogP contribution in [0.4, 0.5) is 0 Å². The molecule has 0 aromatic rings. The SMILES string of the molecule is CC1CCC(C(=O)O)CN1S(=O)(=O)CCC1CCCC1. The molecule has 20 heavy (non-hydrogen) atoms. The number of rotatable bonds is 5. The maximum Gasteiger partial charge on any atom is 0.307 e. The van der Waals surface area contributed by atoms with E-state index < -0.39 is 21.9 Å². The summed E-state index contributed by atoms with van der Waals surface area (Å²) >= 11 is 0. The van der Waals surface area contributed by atoms with E-state index in [1.165, 1.54) is 17.1 Å². The van der Waals surface area contributed by atoms with Crippen LogP contribution in [-0.4, -0.2) is 42.1 Å². The van der Waals surface area contributed by atoms with Gasteiger partial charge in [0.15, 0.2) is 0 Å². The Bertz CT molecular complexity index is 442. The quantitative estimate of drug-likeness (QED) is 0.844. The van der Waals surface area contributed by atoms with Crippen molar-refractivity contribution in [2.45, 2.75) is 57.9 Å². The number of aliphatic carboxylic acids is 1. The third-order valence-corrected chi connectivity index (χ3v) is 6.77. The van der Waals surface area contributed by atoms with Crippen molar-refractivity contribution in [2.24, 2.45) is 11.8 Å². The molecule has 0 amide bonds. The van der Waals surface area contributed by atoms with Crippen molar-refractivity contribution in [3.63, 3.8) is 0 Å². The van der Waals surface area contributed by atoms with Gasteiger partial charge in [0, 0.05) is 12.6 Å². The highest BCUT2D eigenvalue weighted by Crippen LogP contribution is 2.30. The maximum atomic E-state index is 12.5. The zero-order valence-corrected chi connectivity index (χ0v) is 12.9. The van der Waals surface area contributed by atoms with Crippen LogP contribution < -0.4 is 0 Å². The summed E-state index contributed by atoms with van der Waals surface area (Å²) in [5.41, 5.74) is 0. The van der Waals surface area contributed by atoms with Crippen LogP contribution in [0.5, 0.6) is 0 Å². The van der Waals surface area contributed by atoms with Crippen LogP contribution in [0.3, 0.4) is 0 Å². The van der Waals surface area contributed by atoms with Crippen LogP contribution >= 0.6 is 0 Å². The van der Waals surface area contributed by atoms with Crippen molar-refractivity contribution in [2.75, 3.05) is 12.3 Å². The summed E-state index contributed by atoms with van der Waals surface area (Å²) in [6, 6.07) is -0.0702. The van der Waals surface area contributed by atoms with Gasteiger partial charge in [0.05, 0.1) is 11.7 Å². The Morgan fingerprint density at radius 2 is 1.85 bits per heavy atom. The lowest BCUT2D eigenvalue weighted by Gasteiger charge is -2.35. The molecule has 2 atom stereocenters. The summed E-state index contributed by atoms with van der Waals surface area (Å²) in [7, 11) is -3.32. The first kappa shape index (κ1) is 15.8. The number of hydrogen-bond acceptors (Lipinski definition) is 3. The molecule has 0 spiro atoms.